The van der Waals surface area contributed by atoms with Gasteiger partial charge in [0.2, 0.25) is 0 Å². The summed E-state index contributed by atoms with van der Waals surface area (Å²) in [6, 6.07) is 7.98. The molecule has 0 aliphatic rings. The summed E-state index contributed by atoms with van der Waals surface area (Å²) >= 11 is 5.73. The summed E-state index contributed by atoms with van der Waals surface area (Å²) in [7, 11) is -6.56. The minimum Gasteiger partial charge on any atom is -0.279 e. The maximum atomic E-state index is 13.7. The molecule has 2 rings (SSSR count). The fourth-order valence-electron chi connectivity index (χ4n) is 2.13. The van der Waals surface area contributed by atoms with Gasteiger partial charge in [0.25, 0.3) is 11.7 Å². The van der Waals surface area contributed by atoms with Gasteiger partial charge in [-0.3, -0.25) is 9.08 Å². The molecule has 0 N–H and O–H groups in total. The molecule has 0 bridgehead atoms. The highest BCUT2D eigenvalue weighted by atomic mass is 35.5. The van der Waals surface area contributed by atoms with Crippen LogP contribution in [0.1, 0.15) is 16.8 Å². The Morgan fingerprint density at radius 1 is 1.07 bits per heavy atom. The number of nitrogens with zero attached hydrogens (tertiary/aromatic N) is 1. The number of aryl methyl sites for hydroxylation is 1. The third-order valence-corrected chi connectivity index (χ3v) is 5.04. The fraction of sp³-hybridized carbons (Fsp3) is 0.235. The van der Waals surface area contributed by atoms with Gasteiger partial charge in [0, 0.05) is 11.1 Å². The van der Waals surface area contributed by atoms with Crippen LogP contribution in [0.15, 0.2) is 41.2 Å². The van der Waals surface area contributed by atoms with E-state index >= 15 is 0 Å². The molecule has 0 radical (unpaired) electrons. The fourth-order valence-corrected chi connectivity index (χ4v) is 3.10. The first-order valence-corrected chi connectivity index (χ1v) is 9.64. The number of hydrogen-bond acceptors (Lipinski definition) is 4. The van der Waals surface area contributed by atoms with Crippen molar-refractivity contribution in [2.24, 2.45) is 0 Å². The zero-order chi connectivity index (χ0) is 22.9. The molecule has 30 heavy (non-hydrogen) atoms. The van der Waals surface area contributed by atoms with Gasteiger partial charge in [-0.1, -0.05) is 29.8 Å². The zero-order valence-corrected chi connectivity index (χ0v) is 16.4. The minimum absolute atomic E-state index is 0.175. The first-order chi connectivity index (χ1) is 13.6. The Balaban J connectivity index is 2.49. The molecule has 1 atom stereocenters. The van der Waals surface area contributed by atoms with Gasteiger partial charge in [0.1, 0.15) is 0 Å². The highest BCUT2D eigenvalue weighted by molar-refractivity contribution is 7.88. The van der Waals surface area contributed by atoms with Crippen molar-refractivity contribution in [2.45, 2.75) is 24.5 Å². The van der Waals surface area contributed by atoms with Gasteiger partial charge in [-0.15, -0.1) is 4.73 Å². The summed E-state index contributed by atoms with van der Waals surface area (Å²) < 4.78 is 104. The Labute approximate surface area is 171 Å². The zero-order valence-electron chi connectivity index (χ0n) is 14.8. The second-order valence-corrected chi connectivity index (χ2v) is 8.01. The lowest BCUT2D eigenvalue weighted by atomic mass is 10.2. The van der Waals surface area contributed by atoms with Gasteiger partial charge >= 0.3 is 21.5 Å². The molecule has 13 heteroatoms. The van der Waals surface area contributed by atoms with Crippen LogP contribution in [0.3, 0.4) is 0 Å². The lowest BCUT2D eigenvalue weighted by Crippen LogP contribution is -2.51. The monoisotopic (exact) mass is 475 g/mol. The summed E-state index contributed by atoms with van der Waals surface area (Å²) in [6.45, 7) is 1.41. The molecular formula is C17H12ClF6NO4S. The summed E-state index contributed by atoms with van der Waals surface area (Å²) in [5.74, 6) is 0. The molecule has 0 saturated heterocycles. The number of rotatable bonds is 6. The van der Waals surface area contributed by atoms with E-state index in [4.69, 9.17) is 11.6 Å². The van der Waals surface area contributed by atoms with Gasteiger partial charge < -0.3 is 0 Å². The van der Waals surface area contributed by atoms with Crippen LogP contribution in [-0.2, 0) is 10.1 Å². The van der Waals surface area contributed by atoms with Gasteiger partial charge in [0.15, 0.2) is 0 Å². The van der Waals surface area contributed by atoms with Crippen LogP contribution in [0.2, 0.25) is 5.02 Å². The minimum atomic E-state index is -6.56. The molecule has 1 aromatic carbocycles. The van der Waals surface area contributed by atoms with Crippen molar-refractivity contribution in [3.63, 3.8) is 0 Å². The average Bonchev–Trinajstić information content (AvgIpc) is 2.62. The number of aromatic nitrogens is 1. The molecule has 0 aliphatic heterocycles. The lowest BCUT2D eigenvalue weighted by molar-refractivity contribution is -0.223. The predicted molar refractivity (Wildman–Crippen MR) is 97.2 cm³/mol. The Hall–Kier alpha value is -2.47. The number of halogens is 7. The first-order valence-electron chi connectivity index (χ1n) is 7.85. The molecule has 0 spiro atoms. The highest BCUT2D eigenvalue weighted by Gasteiger charge is 2.66. The maximum absolute atomic E-state index is 13.7. The molecule has 5 nitrogen and oxygen atoms in total. The van der Waals surface area contributed by atoms with Crippen molar-refractivity contribution < 1.29 is 39.0 Å². The second-order valence-electron chi connectivity index (χ2n) is 5.97. The summed E-state index contributed by atoms with van der Waals surface area (Å²) in [4.78, 5) is 12.0. The molecule has 0 fully saturated rings. The molecule has 164 valence electrons. The molecule has 1 unspecified atom stereocenters. The van der Waals surface area contributed by atoms with Crippen LogP contribution < -0.4 is 9.84 Å². The van der Waals surface area contributed by atoms with E-state index < -0.39 is 39.0 Å². The Bertz CT molecular complexity index is 1110. The van der Waals surface area contributed by atoms with Crippen LogP contribution in [0, 0.1) is 6.92 Å². The summed E-state index contributed by atoms with van der Waals surface area (Å²) in [6.07, 6.45) is -8.84. The molecule has 0 amide bonds. The van der Waals surface area contributed by atoms with Crippen molar-refractivity contribution in [3.8, 4) is 0 Å². The Morgan fingerprint density at radius 2 is 1.63 bits per heavy atom. The van der Waals surface area contributed by atoms with Crippen molar-refractivity contribution in [1.82, 2.24) is 4.73 Å². The number of alkyl halides is 6. The molecule has 1 aromatic heterocycles. The molecule has 0 aliphatic carbocycles. The van der Waals surface area contributed by atoms with Gasteiger partial charge in [-0.05, 0) is 42.3 Å². The lowest BCUT2D eigenvalue weighted by Gasteiger charge is -2.22. The van der Waals surface area contributed by atoms with Crippen LogP contribution in [0.5, 0.6) is 0 Å². The molecule has 0 saturated carbocycles. The summed E-state index contributed by atoms with van der Waals surface area (Å²) in [5.41, 5.74) is -0.934. The van der Waals surface area contributed by atoms with Crippen molar-refractivity contribution in [2.75, 3.05) is 0 Å². The van der Waals surface area contributed by atoms with E-state index in [9.17, 15) is 39.6 Å². The van der Waals surface area contributed by atoms with Crippen LogP contribution in [-0.4, -0.2) is 30.8 Å². The smallest absolute Gasteiger partial charge is 0.279 e. The largest absolute Gasteiger partial charge is 0.426 e. The average molecular weight is 476 g/mol. The molecule has 2 aromatic rings. The molecule has 1 heterocycles. The van der Waals surface area contributed by atoms with Crippen LogP contribution in [0.25, 0.3) is 12.2 Å². The van der Waals surface area contributed by atoms with Gasteiger partial charge in [0.05, 0.1) is 5.69 Å². The van der Waals surface area contributed by atoms with Gasteiger partial charge in [-0.2, -0.15) is 30.4 Å². The third kappa shape index (κ3) is 5.17. The SMILES string of the molecule is Cc1cc(C=Cc2ccc(Cl)cc2)n(OS(=O)(=O)C(F)(F)C(F)C(F)(F)F)c(=O)c1. The second kappa shape index (κ2) is 8.34. The van der Waals surface area contributed by atoms with E-state index in [0.29, 0.717) is 10.6 Å². The summed E-state index contributed by atoms with van der Waals surface area (Å²) in [5, 5.41) is -5.60. The number of pyridine rings is 1. The van der Waals surface area contributed by atoms with E-state index in [1.54, 1.807) is 0 Å². The number of hydrogen-bond donors (Lipinski definition) is 0. The number of benzene rings is 1. The standard InChI is InChI=1S/C17H12ClF6NO4S/c1-10-8-13(7-4-11-2-5-12(18)6-3-11)25(14(26)9-10)29-30(27,28)17(23,24)15(19)16(20,21)22/h2-9,15H,1H3. The van der Waals surface area contributed by atoms with E-state index in [2.05, 4.69) is 4.28 Å². The first kappa shape index (κ1) is 23.8. The molecular weight excluding hydrogens is 464 g/mol. The Kier molecular flexibility index (Phi) is 6.62. The van der Waals surface area contributed by atoms with Gasteiger partial charge in [-0.25, -0.2) is 4.39 Å². The highest BCUT2D eigenvalue weighted by Crippen LogP contribution is 2.38. The normalized spacial score (nSPS) is 14.1. The third-order valence-electron chi connectivity index (χ3n) is 3.57. The Morgan fingerprint density at radius 3 is 2.17 bits per heavy atom. The van der Waals surface area contributed by atoms with Crippen molar-refractivity contribution in [1.29, 1.82) is 0 Å². The van der Waals surface area contributed by atoms with Crippen molar-refractivity contribution >= 4 is 33.9 Å². The maximum Gasteiger partial charge on any atom is 0.426 e. The van der Waals surface area contributed by atoms with E-state index in [0.717, 1.165) is 18.2 Å². The van der Waals surface area contributed by atoms with Crippen molar-refractivity contribution in [3.05, 3.63) is 68.6 Å². The topological polar surface area (TPSA) is 65.4 Å². The van der Waals surface area contributed by atoms with Crippen LogP contribution in [0.4, 0.5) is 26.3 Å². The quantitative estimate of drug-likeness (QED) is 0.586. The van der Waals surface area contributed by atoms with E-state index in [1.807, 2.05) is 0 Å². The van der Waals surface area contributed by atoms with Crippen LogP contribution >= 0.6 is 11.6 Å². The van der Waals surface area contributed by atoms with E-state index in [-0.39, 0.29) is 10.3 Å². The van der Waals surface area contributed by atoms with E-state index in [1.165, 1.54) is 37.3 Å². The predicted octanol–water partition coefficient (Wildman–Crippen LogP) is 4.23.